The number of carbonyl (C=O) groups is 1. The minimum Gasteiger partial charge on any atom is -0.478 e. The second-order valence-corrected chi connectivity index (χ2v) is 3.58. The van der Waals surface area contributed by atoms with E-state index in [0.29, 0.717) is 17.0 Å². The summed E-state index contributed by atoms with van der Waals surface area (Å²) in [4.78, 5) is 21.8. The van der Waals surface area contributed by atoms with E-state index in [0.717, 1.165) is 0 Å². The SMILES string of the molecule is CC(C)Oc1cnc2[nH]cc(C(=O)O)c2n1. The van der Waals surface area contributed by atoms with Gasteiger partial charge in [0.1, 0.15) is 11.1 Å². The van der Waals surface area contributed by atoms with E-state index in [1.54, 1.807) is 0 Å². The second kappa shape index (κ2) is 3.80. The first-order valence-electron chi connectivity index (χ1n) is 4.82. The zero-order valence-corrected chi connectivity index (χ0v) is 8.89. The monoisotopic (exact) mass is 221 g/mol. The van der Waals surface area contributed by atoms with Crippen molar-refractivity contribution in [3.05, 3.63) is 18.0 Å². The zero-order valence-electron chi connectivity index (χ0n) is 8.89. The number of rotatable bonds is 3. The first kappa shape index (κ1) is 10.4. The van der Waals surface area contributed by atoms with Gasteiger partial charge in [-0.25, -0.2) is 14.8 Å². The molecule has 0 atom stereocenters. The third-order valence-electron chi connectivity index (χ3n) is 1.95. The van der Waals surface area contributed by atoms with E-state index in [-0.39, 0.29) is 11.7 Å². The van der Waals surface area contributed by atoms with E-state index >= 15 is 0 Å². The molecule has 0 fully saturated rings. The van der Waals surface area contributed by atoms with E-state index in [9.17, 15) is 4.79 Å². The van der Waals surface area contributed by atoms with Gasteiger partial charge in [-0.2, -0.15) is 0 Å². The molecule has 0 aliphatic heterocycles. The van der Waals surface area contributed by atoms with Gasteiger partial charge in [0.15, 0.2) is 5.65 Å². The van der Waals surface area contributed by atoms with Crippen LogP contribution in [0.5, 0.6) is 5.88 Å². The van der Waals surface area contributed by atoms with Gasteiger partial charge >= 0.3 is 5.97 Å². The molecule has 2 N–H and O–H groups in total. The molecule has 2 rings (SSSR count). The molecule has 0 aliphatic carbocycles. The summed E-state index contributed by atoms with van der Waals surface area (Å²) >= 11 is 0. The number of carboxylic acids is 1. The van der Waals surface area contributed by atoms with Crippen LogP contribution in [0.15, 0.2) is 12.4 Å². The van der Waals surface area contributed by atoms with E-state index in [1.807, 2.05) is 13.8 Å². The fourth-order valence-corrected chi connectivity index (χ4v) is 1.34. The number of hydrogen-bond donors (Lipinski definition) is 2. The fourth-order valence-electron chi connectivity index (χ4n) is 1.34. The maximum absolute atomic E-state index is 10.9. The summed E-state index contributed by atoms with van der Waals surface area (Å²) in [5.74, 6) is -0.716. The first-order valence-corrected chi connectivity index (χ1v) is 4.82. The Balaban J connectivity index is 2.50. The Morgan fingerprint density at radius 1 is 1.56 bits per heavy atom. The third-order valence-corrected chi connectivity index (χ3v) is 1.95. The Bertz CT molecular complexity index is 533. The number of fused-ring (bicyclic) bond motifs is 1. The number of hydrogen-bond acceptors (Lipinski definition) is 4. The van der Waals surface area contributed by atoms with E-state index < -0.39 is 5.97 Å². The van der Waals surface area contributed by atoms with Crippen molar-refractivity contribution in [2.24, 2.45) is 0 Å². The summed E-state index contributed by atoms with van der Waals surface area (Å²) in [5.41, 5.74) is 0.843. The van der Waals surface area contributed by atoms with Gasteiger partial charge < -0.3 is 14.8 Å². The van der Waals surface area contributed by atoms with Crippen LogP contribution in [0, 0.1) is 0 Å². The highest BCUT2D eigenvalue weighted by atomic mass is 16.5. The molecule has 2 aromatic heterocycles. The maximum atomic E-state index is 10.9. The third kappa shape index (κ3) is 1.81. The topological polar surface area (TPSA) is 88.1 Å². The van der Waals surface area contributed by atoms with Crippen LogP contribution in [0.1, 0.15) is 24.2 Å². The van der Waals surface area contributed by atoms with Gasteiger partial charge in [-0.3, -0.25) is 0 Å². The van der Waals surface area contributed by atoms with Gasteiger partial charge in [0.2, 0.25) is 5.88 Å². The molecule has 0 radical (unpaired) electrons. The average molecular weight is 221 g/mol. The molecule has 0 amide bonds. The Labute approximate surface area is 91.3 Å². The van der Waals surface area contributed by atoms with Gasteiger partial charge in [0.25, 0.3) is 0 Å². The molecule has 0 unspecified atom stereocenters. The van der Waals surface area contributed by atoms with Crippen LogP contribution in [0.2, 0.25) is 0 Å². The van der Waals surface area contributed by atoms with E-state index in [4.69, 9.17) is 9.84 Å². The normalized spacial score (nSPS) is 10.9. The van der Waals surface area contributed by atoms with Gasteiger partial charge in [-0.1, -0.05) is 0 Å². The summed E-state index contributed by atoms with van der Waals surface area (Å²) in [5, 5.41) is 8.92. The molecule has 0 spiro atoms. The molecular weight excluding hydrogens is 210 g/mol. The number of nitrogens with zero attached hydrogens (tertiary/aromatic N) is 2. The highest BCUT2D eigenvalue weighted by Crippen LogP contribution is 2.17. The largest absolute Gasteiger partial charge is 0.478 e. The van der Waals surface area contributed by atoms with Crippen LogP contribution in [0.25, 0.3) is 11.2 Å². The van der Waals surface area contributed by atoms with Crippen molar-refractivity contribution < 1.29 is 14.6 Å². The number of aromatic amines is 1. The van der Waals surface area contributed by atoms with Crippen molar-refractivity contribution in [1.82, 2.24) is 15.0 Å². The zero-order chi connectivity index (χ0) is 11.7. The predicted octanol–water partition coefficient (Wildman–Crippen LogP) is 1.44. The minimum atomic E-state index is -1.04. The van der Waals surface area contributed by atoms with Crippen molar-refractivity contribution in [2.75, 3.05) is 0 Å². The molecule has 0 saturated carbocycles. The quantitative estimate of drug-likeness (QED) is 0.818. The molecule has 6 heteroatoms. The van der Waals surface area contributed by atoms with Crippen LogP contribution >= 0.6 is 0 Å². The van der Waals surface area contributed by atoms with E-state index in [1.165, 1.54) is 12.4 Å². The molecule has 6 nitrogen and oxygen atoms in total. The van der Waals surface area contributed by atoms with Crippen molar-refractivity contribution in [1.29, 1.82) is 0 Å². The summed E-state index contributed by atoms with van der Waals surface area (Å²) in [6, 6.07) is 0. The molecule has 2 heterocycles. The van der Waals surface area contributed by atoms with Crippen LogP contribution < -0.4 is 4.74 Å². The van der Waals surface area contributed by atoms with Crippen molar-refractivity contribution in [3.63, 3.8) is 0 Å². The molecular formula is C10H11N3O3. The van der Waals surface area contributed by atoms with Gasteiger partial charge in [0.05, 0.1) is 12.3 Å². The number of carboxylic acid groups (broad SMARTS) is 1. The number of ether oxygens (including phenoxy) is 1. The maximum Gasteiger partial charge on any atom is 0.339 e. The summed E-state index contributed by atoms with van der Waals surface area (Å²) in [6.07, 6.45) is 2.80. The first-order chi connectivity index (χ1) is 7.58. The lowest BCUT2D eigenvalue weighted by molar-refractivity contribution is 0.0699. The summed E-state index contributed by atoms with van der Waals surface area (Å²) < 4.78 is 5.35. The summed E-state index contributed by atoms with van der Waals surface area (Å²) in [6.45, 7) is 3.72. The standard InChI is InChI=1S/C10H11N3O3/c1-5(2)16-7-4-12-9-8(13-7)6(3-11-9)10(14)15/h3-5H,1-2H3,(H,11,12)(H,14,15). The molecule has 16 heavy (non-hydrogen) atoms. The van der Waals surface area contributed by atoms with Crippen molar-refractivity contribution in [2.45, 2.75) is 20.0 Å². The average Bonchev–Trinajstić information content (AvgIpc) is 2.59. The smallest absolute Gasteiger partial charge is 0.339 e. The Hall–Kier alpha value is -2.11. The Kier molecular flexibility index (Phi) is 2.47. The highest BCUT2D eigenvalue weighted by molar-refractivity contribution is 6.00. The van der Waals surface area contributed by atoms with Crippen LogP contribution in [-0.2, 0) is 0 Å². The molecule has 0 aromatic carbocycles. The molecule has 0 bridgehead atoms. The predicted molar refractivity (Wildman–Crippen MR) is 56.6 cm³/mol. The fraction of sp³-hybridized carbons (Fsp3) is 0.300. The number of aromatic nitrogens is 3. The molecule has 2 aromatic rings. The summed E-state index contributed by atoms with van der Waals surface area (Å²) in [7, 11) is 0. The van der Waals surface area contributed by atoms with Gasteiger partial charge in [0, 0.05) is 6.20 Å². The van der Waals surface area contributed by atoms with Gasteiger partial charge in [-0.15, -0.1) is 0 Å². The van der Waals surface area contributed by atoms with Crippen molar-refractivity contribution >= 4 is 17.1 Å². The lowest BCUT2D eigenvalue weighted by Crippen LogP contribution is -2.07. The van der Waals surface area contributed by atoms with Gasteiger partial charge in [-0.05, 0) is 13.8 Å². The minimum absolute atomic E-state index is 0.0287. The van der Waals surface area contributed by atoms with Crippen LogP contribution in [-0.4, -0.2) is 32.1 Å². The van der Waals surface area contributed by atoms with Crippen LogP contribution in [0.3, 0.4) is 0 Å². The number of H-pyrrole nitrogens is 1. The number of aromatic carboxylic acids is 1. The lowest BCUT2D eigenvalue weighted by atomic mass is 10.3. The Morgan fingerprint density at radius 2 is 2.31 bits per heavy atom. The van der Waals surface area contributed by atoms with E-state index in [2.05, 4.69) is 15.0 Å². The molecule has 84 valence electrons. The number of nitrogens with one attached hydrogen (secondary N) is 1. The van der Waals surface area contributed by atoms with Crippen molar-refractivity contribution in [3.8, 4) is 5.88 Å². The second-order valence-electron chi connectivity index (χ2n) is 3.58. The highest BCUT2D eigenvalue weighted by Gasteiger charge is 2.13. The molecule has 0 saturated heterocycles. The Morgan fingerprint density at radius 3 is 2.94 bits per heavy atom. The van der Waals surface area contributed by atoms with Crippen LogP contribution in [0.4, 0.5) is 0 Å². The molecule has 0 aliphatic rings. The lowest BCUT2D eigenvalue weighted by Gasteiger charge is -2.07.